The number of nitrogens with zero attached hydrogens (tertiary/aromatic N) is 1. The van der Waals surface area contributed by atoms with E-state index in [1.807, 2.05) is 0 Å². The highest BCUT2D eigenvalue weighted by atomic mass is 16.2. The Kier molecular flexibility index (Phi) is 6.35. The van der Waals surface area contributed by atoms with E-state index in [9.17, 15) is 9.59 Å². The zero-order valence-corrected chi connectivity index (χ0v) is 14.7. The first-order valence-corrected chi connectivity index (χ1v) is 9.78. The van der Waals surface area contributed by atoms with Gasteiger partial charge in [0.15, 0.2) is 0 Å². The van der Waals surface area contributed by atoms with Crippen molar-refractivity contribution in [2.75, 3.05) is 26.2 Å². The summed E-state index contributed by atoms with van der Waals surface area (Å²) in [6.07, 6.45) is 10.7. The number of hydrogen-bond donors (Lipinski definition) is 3. The highest BCUT2D eigenvalue weighted by Gasteiger charge is 2.26. The molecule has 3 rings (SSSR count). The Bertz CT molecular complexity index is 429. The van der Waals surface area contributed by atoms with Crippen LogP contribution in [0.2, 0.25) is 0 Å². The number of piperidine rings is 2. The van der Waals surface area contributed by atoms with E-state index in [4.69, 9.17) is 0 Å². The molecule has 2 aliphatic heterocycles. The molecule has 0 unspecified atom stereocenters. The molecule has 136 valence electrons. The topological polar surface area (TPSA) is 73.5 Å². The normalized spacial score (nSPS) is 27.5. The van der Waals surface area contributed by atoms with Crippen LogP contribution >= 0.6 is 0 Å². The summed E-state index contributed by atoms with van der Waals surface area (Å²) in [5.41, 5.74) is 0. The summed E-state index contributed by atoms with van der Waals surface area (Å²) in [5.74, 6) is 0.829. The molecule has 0 spiro atoms. The standard InChI is InChI=1S/C18H32N4O2/c23-17-16(7-4-10-19-17)21-18(24)20-15-8-11-22(12-9-15)13-14-5-2-1-3-6-14/h14-16H,1-13H2,(H,19,23)(H2,20,21,24)/t16-/m0/s1. The molecule has 3 aliphatic rings. The number of rotatable bonds is 4. The van der Waals surface area contributed by atoms with Crippen molar-refractivity contribution in [1.82, 2.24) is 20.9 Å². The first kappa shape index (κ1) is 17.5. The largest absolute Gasteiger partial charge is 0.354 e. The van der Waals surface area contributed by atoms with Crippen LogP contribution in [0.3, 0.4) is 0 Å². The number of carbonyl (C=O) groups is 2. The van der Waals surface area contributed by atoms with Gasteiger partial charge in [0, 0.05) is 32.2 Å². The predicted octanol–water partition coefficient (Wildman–Crippen LogP) is 1.61. The van der Waals surface area contributed by atoms with Crippen LogP contribution in [0.4, 0.5) is 4.79 Å². The van der Waals surface area contributed by atoms with Gasteiger partial charge in [-0.05, 0) is 44.4 Å². The maximum Gasteiger partial charge on any atom is 0.315 e. The second kappa shape index (κ2) is 8.70. The molecule has 3 amide bonds. The summed E-state index contributed by atoms with van der Waals surface area (Å²) in [7, 11) is 0. The van der Waals surface area contributed by atoms with E-state index in [-0.39, 0.29) is 24.0 Å². The monoisotopic (exact) mass is 336 g/mol. The maximum absolute atomic E-state index is 12.1. The molecular weight excluding hydrogens is 304 g/mol. The van der Waals surface area contributed by atoms with Gasteiger partial charge in [-0.2, -0.15) is 0 Å². The Morgan fingerprint density at radius 1 is 1.00 bits per heavy atom. The summed E-state index contributed by atoms with van der Waals surface area (Å²) in [6, 6.07) is -0.327. The van der Waals surface area contributed by atoms with Gasteiger partial charge in [0.25, 0.3) is 0 Å². The number of hydrogen-bond acceptors (Lipinski definition) is 3. The highest BCUT2D eigenvalue weighted by molar-refractivity contribution is 5.87. The van der Waals surface area contributed by atoms with E-state index in [0.29, 0.717) is 0 Å². The van der Waals surface area contributed by atoms with Crippen LogP contribution < -0.4 is 16.0 Å². The zero-order chi connectivity index (χ0) is 16.8. The molecule has 6 nitrogen and oxygen atoms in total. The van der Waals surface area contributed by atoms with Crippen LogP contribution in [-0.2, 0) is 4.79 Å². The quantitative estimate of drug-likeness (QED) is 0.730. The molecule has 3 fully saturated rings. The van der Waals surface area contributed by atoms with Crippen LogP contribution in [0, 0.1) is 5.92 Å². The van der Waals surface area contributed by atoms with Gasteiger partial charge in [0.1, 0.15) is 6.04 Å². The second-order valence-electron chi connectivity index (χ2n) is 7.68. The van der Waals surface area contributed by atoms with Crippen LogP contribution in [0.5, 0.6) is 0 Å². The van der Waals surface area contributed by atoms with Crippen LogP contribution in [0.1, 0.15) is 57.8 Å². The molecule has 0 aromatic rings. The first-order chi connectivity index (χ1) is 11.7. The Morgan fingerprint density at radius 2 is 1.75 bits per heavy atom. The van der Waals surface area contributed by atoms with Crippen LogP contribution in [0.15, 0.2) is 0 Å². The van der Waals surface area contributed by atoms with Crippen molar-refractivity contribution in [3.63, 3.8) is 0 Å². The predicted molar refractivity (Wildman–Crippen MR) is 93.7 cm³/mol. The van der Waals surface area contributed by atoms with E-state index >= 15 is 0 Å². The molecule has 3 N–H and O–H groups in total. The lowest BCUT2D eigenvalue weighted by Gasteiger charge is -2.35. The summed E-state index contributed by atoms with van der Waals surface area (Å²) in [5, 5.41) is 8.67. The summed E-state index contributed by atoms with van der Waals surface area (Å²) in [4.78, 5) is 26.4. The third kappa shape index (κ3) is 5.10. The molecule has 24 heavy (non-hydrogen) atoms. The molecule has 2 heterocycles. The molecule has 0 aromatic heterocycles. The minimum absolute atomic E-state index is 0.0568. The summed E-state index contributed by atoms with van der Waals surface area (Å²) in [6.45, 7) is 4.11. The first-order valence-electron chi connectivity index (χ1n) is 9.78. The van der Waals surface area contributed by atoms with Gasteiger partial charge < -0.3 is 20.9 Å². The van der Waals surface area contributed by atoms with Gasteiger partial charge in [0.05, 0.1) is 0 Å². The van der Waals surface area contributed by atoms with Crippen molar-refractivity contribution in [3.8, 4) is 0 Å². The Labute approximate surface area is 145 Å². The van der Waals surface area contributed by atoms with Gasteiger partial charge in [0.2, 0.25) is 5.91 Å². The minimum Gasteiger partial charge on any atom is -0.354 e. The lowest BCUT2D eigenvalue weighted by molar-refractivity contribution is -0.124. The highest BCUT2D eigenvalue weighted by Crippen LogP contribution is 2.25. The van der Waals surface area contributed by atoms with E-state index in [0.717, 1.165) is 51.2 Å². The van der Waals surface area contributed by atoms with Gasteiger partial charge in [-0.25, -0.2) is 4.79 Å². The van der Waals surface area contributed by atoms with Crippen molar-refractivity contribution >= 4 is 11.9 Å². The minimum atomic E-state index is -0.370. The Hall–Kier alpha value is -1.30. The van der Waals surface area contributed by atoms with E-state index in [2.05, 4.69) is 20.9 Å². The lowest BCUT2D eigenvalue weighted by Crippen LogP contribution is -2.55. The third-order valence-electron chi connectivity index (χ3n) is 5.75. The molecule has 0 aromatic carbocycles. The number of carbonyl (C=O) groups excluding carboxylic acids is 2. The zero-order valence-electron chi connectivity index (χ0n) is 14.7. The molecule has 1 saturated carbocycles. The van der Waals surface area contributed by atoms with Crippen molar-refractivity contribution < 1.29 is 9.59 Å². The fourth-order valence-corrected chi connectivity index (χ4v) is 4.29. The SMILES string of the molecule is O=C(NC1CCN(CC2CCCCC2)CC1)N[C@H]1CCCNC1=O. The van der Waals surface area contributed by atoms with E-state index in [1.54, 1.807) is 0 Å². The van der Waals surface area contributed by atoms with E-state index < -0.39 is 0 Å². The van der Waals surface area contributed by atoms with Crippen LogP contribution in [0.25, 0.3) is 0 Å². The molecule has 6 heteroatoms. The average Bonchev–Trinajstić information content (AvgIpc) is 2.60. The third-order valence-corrected chi connectivity index (χ3v) is 5.75. The number of likely N-dealkylation sites (tertiary alicyclic amines) is 1. The maximum atomic E-state index is 12.1. The van der Waals surface area contributed by atoms with Crippen molar-refractivity contribution in [2.24, 2.45) is 5.92 Å². The molecule has 1 atom stereocenters. The van der Waals surface area contributed by atoms with E-state index in [1.165, 1.54) is 38.6 Å². The molecule has 0 bridgehead atoms. The Morgan fingerprint density at radius 3 is 2.46 bits per heavy atom. The number of amides is 3. The molecule has 0 radical (unpaired) electrons. The molecule has 1 aliphatic carbocycles. The smallest absolute Gasteiger partial charge is 0.315 e. The van der Waals surface area contributed by atoms with Gasteiger partial charge >= 0.3 is 6.03 Å². The van der Waals surface area contributed by atoms with Crippen LogP contribution in [-0.4, -0.2) is 55.1 Å². The van der Waals surface area contributed by atoms with Crippen molar-refractivity contribution in [2.45, 2.75) is 69.9 Å². The second-order valence-corrected chi connectivity index (χ2v) is 7.68. The number of urea groups is 1. The lowest BCUT2D eigenvalue weighted by atomic mass is 9.88. The van der Waals surface area contributed by atoms with Gasteiger partial charge in [-0.15, -0.1) is 0 Å². The van der Waals surface area contributed by atoms with Gasteiger partial charge in [-0.3, -0.25) is 4.79 Å². The summed E-state index contributed by atoms with van der Waals surface area (Å²) >= 11 is 0. The Balaban J connectivity index is 1.34. The van der Waals surface area contributed by atoms with Crippen molar-refractivity contribution in [1.29, 1.82) is 0 Å². The van der Waals surface area contributed by atoms with Gasteiger partial charge in [-0.1, -0.05) is 19.3 Å². The fraction of sp³-hybridized carbons (Fsp3) is 0.889. The summed E-state index contributed by atoms with van der Waals surface area (Å²) < 4.78 is 0. The van der Waals surface area contributed by atoms with Crippen molar-refractivity contribution in [3.05, 3.63) is 0 Å². The molecular formula is C18H32N4O2. The number of nitrogens with one attached hydrogen (secondary N) is 3. The fourth-order valence-electron chi connectivity index (χ4n) is 4.29. The molecule has 2 saturated heterocycles. The average molecular weight is 336 g/mol.